The second-order valence-electron chi connectivity index (χ2n) is 8.53. The Kier molecular flexibility index (Phi) is 5.43. The first-order chi connectivity index (χ1) is 14.7. The number of hydrogen-bond donors (Lipinski definition) is 3. The zero-order valence-electron chi connectivity index (χ0n) is 18.6. The second-order valence-corrected chi connectivity index (χ2v) is 8.92. The van der Waals surface area contributed by atoms with E-state index in [1.807, 2.05) is 24.8 Å². The van der Waals surface area contributed by atoms with Crippen molar-refractivity contribution >= 4 is 39.6 Å². The average molecular weight is 436 g/mol. The molecule has 5 nitrogen and oxygen atoms in total. The molecule has 1 unspecified atom stereocenters. The fourth-order valence-electron chi connectivity index (χ4n) is 4.31. The summed E-state index contributed by atoms with van der Waals surface area (Å²) in [6.45, 7) is 8.40. The lowest BCUT2D eigenvalue weighted by Gasteiger charge is -2.35. The van der Waals surface area contributed by atoms with Crippen molar-refractivity contribution in [3.63, 3.8) is 0 Å². The zero-order valence-corrected chi connectivity index (χ0v) is 19.4. The third kappa shape index (κ3) is 3.65. The summed E-state index contributed by atoms with van der Waals surface area (Å²) in [4.78, 5) is 1.97. The Balaban J connectivity index is 1.91. The van der Waals surface area contributed by atoms with Gasteiger partial charge in [-0.2, -0.15) is 0 Å². The monoisotopic (exact) mass is 435 g/mol. The molecule has 162 valence electrons. The van der Waals surface area contributed by atoms with E-state index >= 15 is 0 Å². The van der Waals surface area contributed by atoms with E-state index in [0.29, 0.717) is 23.0 Å². The number of rotatable bonds is 4. The van der Waals surface area contributed by atoms with Crippen molar-refractivity contribution in [3.05, 3.63) is 59.3 Å². The van der Waals surface area contributed by atoms with Crippen LogP contribution in [0, 0.1) is 0 Å². The van der Waals surface area contributed by atoms with E-state index < -0.39 is 0 Å². The van der Waals surface area contributed by atoms with E-state index in [2.05, 4.69) is 61.3 Å². The third-order valence-corrected chi connectivity index (χ3v) is 6.24. The summed E-state index contributed by atoms with van der Waals surface area (Å²) < 4.78 is 2.15. The van der Waals surface area contributed by atoms with Gasteiger partial charge in [-0.25, -0.2) is 0 Å². The van der Waals surface area contributed by atoms with Crippen molar-refractivity contribution < 1.29 is 10.2 Å². The Morgan fingerprint density at radius 1 is 1.13 bits per heavy atom. The molecule has 0 saturated carbocycles. The maximum atomic E-state index is 10.7. The number of thiocarbonyl (C=S) groups is 1. The highest BCUT2D eigenvalue weighted by Crippen LogP contribution is 2.39. The van der Waals surface area contributed by atoms with Gasteiger partial charge in [-0.05, 0) is 72.9 Å². The molecule has 0 aliphatic carbocycles. The maximum Gasteiger partial charge on any atom is 0.178 e. The number of anilines is 1. The van der Waals surface area contributed by atoms with Crippen LogP contribution in [0.5, 0.6) is 11.5 Å². The summed E-state index contributed by atoms with van der Waals surface area (Å²) in [6, 6.07) is 9.63. The van der Waals surface area contributed by atoms with Crippen LogP contribution in [0.3, 0.4) is 0 Å². The standard InChI is InChI=1S/C25H29N3O2S/c1-6-16-10-19(24(30)12-23(16)29)22-9-15(4)26-25(31)28(22)17-7-8-21-18(11-17)20(14(2)3)13-27(21)5/h7-15,29-30H,6H2,1-5H3,(H,26,31). The van der Waals surface area contributed by atoms with Crippen LogP contribution >= 0.6 is 12.2 Å². The third-order valence-electron chi connectivity index (χ3n) is 5.94. The van der Waals surface area contributed by atoms with Gasteiger partial charge in [0.1, 0.15) is 11.5 Å². The Morgan fingerprint density at radius 3 is 2.55 bits per heavy atom. The number of hydrogen-bond acceptors (Lipinski definition) is 3. The molecule has 0 bridgehead atoms. The van der Waals surface area contributed by atoms with Crippen LogP contribution in [0.25, 0.3) is 16.6 Å². The van der Waals surface area contributed by atoms with Gasteiger partial charge >= 0.3 is 0 Å². The van der Waals surface area contributed by atoms with Crippen LogP contribution < -0.4 is 10.2 Å². The van der Waals surface area contributed by atoms with Crippen LogP contribution in [0.15, 0.2) is 42.6 Å². The highest BCUT2D eigenvalue weighted by Gasteiger charge is 2.27. The van der Waals surface area contributed by atoms with Crippen molar-refractivity contribution in [2.45, 2.75) is 46.1 Å². The number of phenols is 2. The molecule has 3 N–H and O–H groups in total. The summed E-state index contributed by atoms with van der Waals surface area (Å²) in [5, 5.41) is 26.0. The Labute approximate surface area is 188 Å². The first-order valence-electron chi connectivity index (χ1n) is 10.7. The van der Waals surface area contributed by atoms with Gasteiger partial charge < -0.3 is 20.1 Å². The molecule has 0 fully saturated rings. The largest absolute Gasteiger partial charge is 0.508 e. The second kappa shape index (κ2) is 7.93. The molecule has 4 rings (SSSR count). The highest BCUT2D eigenvalue weighted by molar-refractivity contribution is 7.80. The summed E-state index contributed by atoms with van der Waals surface area (Å²) in [7, 11) is 2.06. The SMILES string of the molecule is CCc1cc(C2=CC(C)NC(=S)N2c2ccc3c(c2)c(C(C)C)cn3C)c(O)cc1O. The first-order valence-corrected chi connectivity index (χ1v) is 11.1. The van der Waals surface area contributed by atoms with Gasteiger partial charge in [-0.3, -0.25) is 4.90 Å². The molecule has 1 aliphatic heterocycles. The molecule has 3 aromatic rings. The Morgan fingerprint density at radius 2 is 1.87 bits per heavy atom. The van der Waals surface area contributed by atoms with E-state index in [1.165, 1.54) is 22.5 Å². The summed E-state index contributed by atoms with van der Waals surface area (Å²) in [5.74, 6) is 0.535. The predicted molar refractivity (Wildman–Crippen MR) is 132 cm³/mol. The van der Waals surface area contributed by atoms with Crippen molar-refractivity contribution in [1.29, 1.82) is 0 Å². The molecule has 2 heterocycles. The molecule has 0 spiro atoms. The minimum atomic E-state index is 0.0173. The van der Waals surface area contributed by atoms with Crippen LogP contribution in [0.4, 0.5) is 5.69 Å². The van der Waals surface area contributed by atoms with Gasteiger partial charge in [-0.1, -0.05) is 20.8 Å². The van der Waals surface area contributed by atoms with Gasteiger partial charge in [-0.15, -0.1) is 0 Å². The number of fused-ring (bicyclic) bond motifs is 1. The fraction of sp³-hybridized carbons (Fsp3) is 0.320. The number of aryl methyl sites for hydroxylation is 2. The van der Waals surface area contributed by atoms with Crippen LogP contribution in [0.2, 0.25) is 0 Å². The number of aromatic hydroxyl groups is 2. The topological polar surface area (TPSA) is 60.7 Å². The van der Waals surface area contributed by atoms with Crippen molar-refractivity contribution in [3.8, 4) is 11.5 Å². The minimum Gasteiger partial charge on any atom is -0.508 e. The minimum absolute atomic E-state index is 0.0173. The lowest BCUT2D eigenvalue weighted by atomic mass is 9.99. The van der Waals surface area contributed by atoms with E-state index in [4.69, 9.17) is 12.2 Å². The van der Waals surface area contributed by atoms with Crippen molar-refractivity contribution in [2.24, 2.45) is 7.05 Å². The van der Waals surface area contributed by atoms with Crippen LogP contribution in [-0.2, 0) is 13.5 Å². The molecule has 31 heavy (non-hydrogen) atoms. The smallest absolute Gasteiger partial charge is 0.178 e. The summed E-state index contributed by atoms with van der Waals surface area (Å²) in [6.07, 6.45) is 4.91. The normalized spacial score (nSPS) is 16.7. The van der Waals surface area contributed by atoms with Gasteiger partial charge in [0.05, 0.1) is 5.70 Å². The predicted octanol–water partition coefficient (Wildman–Crippen LogP) is 5.40. The Hall–Kier alpha value is -2.99. The number of nitrogens with one attached hydrogen (secondary N) is 1. The molecule has 1 aliphatic rings. The summed E-state index contributed by atoms with van der Waals surface area (Å²) in [5.41, 5.74) is 5.64. The van der Waals surface area contributed by atoms with Gasteiger partial charge in [0.25, 0.3) is 0 Å². The molecule has 2 aromatic carbocycles. The summed E-state index contributed by atoms with van der Waals surface area (Å²) >= 11 is 5.74. The molecule has 6 heteroatoms. The zero-order chi connectivity index (χ0) is 22.4. The molecule has 0 amide bonds. The molecule has 1 aromatic heterocycles. The molecule has 0 saturated heterocycles. The van der Waals surface area contributed by atoms with E-state index in [0.717, 1.165) is 16.9 Å². The molecular formula is C25H29N3O2S. The lowest BCUT2D eigenvalue weighted by molar-refractivity contribution is 0.445. The molecule has 1 atom stereocenters. The maximum absolute atomic E-state index is 10.7. The molecular weight excluding hydrogens is 406 g/mol. The van der Waals surface area contributed by atoms with Crippen LogP contribution in [-0.4, -0.2) is 25.9 Å². The van der Waals surface area contributed by atoms with E-state index in [-0.39, 0.29) is 17.5 Å². The highest BCUT2D eigenvalue weighted by atomic mass is 32.1. The van der Waals surface area contributed by atoms with E-state index in [9.17, 15) is 10.2 Å². The number of benzene rings is 2. The Bertz CT molecular complexity index is 1210. The number of nitrogens with zero attached hydrogens (tertiary/aromatic N) is 2. The van der Waals surface area contributed by atoms with Gasteiger partial charge in [0.15, 0.2) is 5.11 Å². The fourth-order valence-corrected chi connectivity index (χ4v) is 4.70. The van der Waals surface area contributed by atoms with Crippen LogP contribution in [0.1, 0.15) is 50.3 Å². The lowest BCUT2D eigenvalue weighted by Crippen LogP contribution is -2.46. The van der Waals surface area contributed by atoms with Crippen molar-refractivity contribution in [2.75, 3.05) is 4.90 Å². The average Bonchev–Trinajstić information content (AvgIpc) is 3.04. The molecule has 0 radical (unpaired) electrons. The number of phenolic OH excluding ortho intramolecular Hbond substituents is 2. The van der Waals surface area contributed by atoms with E-state index in [1.54, 1.807) is 0 Å². The van der Waals surface area contributed by atoms with Crippen molar-refractivity contribution in [1.82, 2.24) is 9.88 Å². The first kappa shape index (κ1) is 21.2. The van der Waals surface area contributed by atoms with Gasteiger partial charge in [0.2, 0.25) is 0 Å². The quantitative estimate of drug-likeness (QED) is 0.479. The number of aromatic nitrogens is 1. The van der Waals surface area contributed by atoms with Gasteiger partial charge in [0, 0.05) is 47.5 Å².